The summed E-state index contributed by atoms with van der Waals surface area (Å²) < 4.78 is 33.4. The number of sulfonamides is 1. The number of anilines is 1. The van der Waals surface area contributed by atoms with Crippen LogP contribution >= 0.6 is 15.9 Å². The molecule has 8 nitrogen and oxygen atoms in total. The number of ether oxygens (including phenoxy) is 2. The molecule has 1 aliphatic rings. The highest BCUT2D eigenvalue weighted by atomic mass is 79.9. The highest BCUT2D eigenvalue weighted by Crippen LogP contribution is 2.30. The lowest BCUT2D eigenvalue weighted by Gasteiger charge is -2.29. The first kappa shape index (κ1) is 17.4. The Labute approximate surface area is 140 Å². The molecule has 0 amide bonds. The number of hydrogen-bond acceptors (Lipinski definition) is 7. The van der Waals surface area contributed by atoms with Crippen LogP contribution in [-0.2, 0) is 29.1 Å². The molecular weight excluding hydrogens is 392 g/mol. The summed E-state index contributed by atoms with van der Waals surface area (Å²) in [5, 5.41) is 7.71. The molecule has 1 aromatic rings. The minimum Gasteiger partial charge on any atom is -0.419 e. The van der Waals surface area contributed by atoms with Gasteiger partial charge < -0.3 is 14.8 Å². The molecule has 0 radical (unpaired) electrons. The van der Waals surface area contributed by atoms with E-state index in [0.29, 0.717) is 4.47 Å². The molecule has 0 spiro atoms. The van der Waals surface area contributed by atoms with Gasteiger partial charge >= 0.3 is 11.9 Å². The molecular formula is C13H13BrN2O6S. The number of rotatable bonds is 3. The van der Waals surface area contributed by atoms with E-state index in [1.807, 2.05) is 0 Å². The Morgan fingerprint density at radius 2 is 1.78 bits per heavy atom. The third-order valence-electron chi connectivity index (χ3n) is 2.76. The van der Waals surface area contributed by atoms with Gasteiger partial charge in [-0.25, -0.2) is 23.1 Å². The first-order chi connectivity index (χ1) is 10.5. The normalized spacial score (nSPS) is 17.3. The van der Waals surface area contributed by atoms with Crippen LogP contribution in [0.2, 0.25) is 0 Å². The van der Waals surface area contributed by atoms with Gasteiger partial charge in [-0.1, -0.05) is 6.07 Å². The van der Waals surface area contributed by atoms with E-state index in [1.54, 1.807) is 6.07 Å². The molecule has 0 saturated carbocycles. The number of benzene rings is 1. The molecule has 0 aliphatic carbocycles. The quantitative estimate of drug-likeness (QED) is 0.440. The van der Waals surface area contributed by atoms with Crippen LogP contribution in [0.3, 0.4) is 0 Å². The Balaban J connectivity index is 2.38. The largest absolute Gasteiger partial charge is 0.419 e. The van der Waals surface area contributed by atoms with E-state index in [9.17, 15) is 18.0 Å². The summed E-state index contributed by atoms with van der Waals surface area (Å²) in [5.41, 5.74) is -0.326. The van der Waals surface area contributed by atoms with Crippen molar-refractivity contribution in [3.05, 3.63) is 34.4 Å². The first-order valence-electron chi connectivity index (χ1n) is 6.26. The van der Waals surface area contributed by atoms with Crippen molar-refractivity contribution in [2.75, 3.05) is 5.32 Å². The van der Waals surface area contributed by atoms with Crippen LogP contribution in [0.15, 0.2) is 39.3 Å². The number of nitrogens with two attached hydrogens (primary N) is 1. The average Bonchev–Trinajstić information content (AvgIpc) is 2.36. The van der Waals surface area contributed by atoms with Gasteiger partial charge in [0.2, 0.25) is 10.0 Å². The number of primary sulfonamides is 1. The Hall–Kier alpha value is -1.91. The standard InChI is InChI=1S/C13H13BrN2O6S/c1-13(2)21-11(17)7(12(18)22-13)6-16-10-8(14)4-3-5-9(10)23(15,19)20/h3-6,16H,1-2H3,(H2,15,19,20). The maximum Gasteiger partial charge on any atom is 0.350 e. The fourth-order valence-corrected chi connectivity index (χ4v) is 3.14. The predicted octanol–water partition coefficient (Wildman–Crippen LogP) is 1.23. The van der Waals surface area contributed by atoms with Gasteiger partial charge in [0.1, 0.15) is 4.90 Å². The van der Waals surface area contributed by atoms with Crippen LogP contribution in [0, 0.1) is 0 Å². The molecule has 1 fully saturated rings. The van der Waals surface area contributed by atoms with E-state index in [-0.39, 0.29) is 10.6 Å². The lowest BCUT2D eigenvalue weighted by Crippen LogP contribution is -2.42. The number of carbonyl (C=O) groups excluding carboxylic acids is 2. The topological polar surface area (TPSA) is 125 Å². The molecule has 0 aromatic heterocycles. The predicted molar refractivity (Wildman–Crippen MR) is 83.5 cm³/mol. The maximum atomic E-state index is 11.8. The number of halogens is 1. The van der Waals surface area contributed by atoms with E-state index in [4.69, 9.17) is 14.6 Å². The van der Waals surface area contributed by atoms with Crippen LogP contribution in [0.1, 0.15) is 13.8 Å². The van der Waals surface area contributed by atoms with Gasteiger partial charge in [0, 0.05) is 24.5 Å². The molecule has 0 bridgehead atoms. The zero-order chi connectivity index (χ0) is 17.4. The molecule has 124 valence electrons. The van der Waals surface area contributed by atoms with Gasteiger partial charge in [-0.05, 0) is 28.1 Å². The SMILES string of the molecule is CC1(C)OC(=O)C(=CNc2c(Br)cccc2S(N)(=O)=O)C(=O)O1. The second kappa shape index (κ2) is 5.95. The molecule has 0 atom stereocenters. The lowest BCUT2D eigenvalue weighted by molar-refractivity contribution is -0.222. The third-order valence-corrected chi connectivity index (χ3v) is 4.37. The molecule has 23 heavy (non-hydrogen) atoms. The Bertz CT molecular complexity index is 794. The summed E-state index contributed by atoms with van der Waals surface area (Å²) >= 11 is 3.17. The second-order valence-corrected chi connectivity index (χ2v) is 7.42. The Kier molecular flexibility index (Phi) is 4.51. The van der Waals surface area contributed by atoms with Crippen molar-refractivity contribution in [3.8, 4) is 0 Å². The van der Waals surface area contributed by atoms with Crippen LogP contribution in [0.4, 0.5) is 5.69 Å². The van der Waals surface area contributed by atoms with Gasteiger partial charge in [-0.15, -0.1) is 0 Å². The minimum atomic E-state index is -4.01. The van der Waals surface area contributed by atoms with Crippen molar-refractivity contribution < 1.29 is 27.5 Å². The van der Waals surface area contributed by atoms with Crippen molar-refractivity contribution in [3.63, 3.8) is 0 Å². The van der Waals surface area contributed by atoms with Crippen molar-refractivity contribution in [2.45, 2.75) is 24.5 Å². The van der Waals surface area contributed by atoms with Crippen molar-refractivity contribution in [1.82, 2.24) is 0 Å². The fourth-order valence-electron chi connectivity index (χ4n) is 1.80. The molecule has 1 aromatic carbocycles. The Morgan fingerprint density at radius 3 is 2.30 bits per heavy atom. The molecule has 1 aliphatic heterocycles. The van der Waals surface area contributed by atoms with Gasteiger partial charge in [0.25, 0.3) is 5.79 Å². The second-order valence-electron chi connectivity index (χ2n) is 5.04. The van der Waals surface area contributed by atoms with E-state index >= 15 is 0 Å². The molecule has 10 heteroatoms. The summed E-state index contributed by atoms with van der Waals surface area (Å²) in [4.78, 5) is 23.4. The first-order valence-corrected chi connectivity index (χ1v) is 8.60. The smallest absolute Gasteiger partial charge is 0.350 e. The van der Waals surface area contributed by atoms with Gasteiger partial charge in [-0.3, -0.25) is 0 Å². The summed E-state index contributed by atoms with van der Waals surface area (Å²) in [5.74, 6) is -3.13. The number of esters is 2. The molecule has 1 heterocycles. The van der Waals surface area contributed by atoms with E-state index in [0.717, 1.165) is 6.20 Å². The highest BCUT2D eigenvalue weighted by molar-refractivity contribution is 9.10. The van der Waals surface area contributed by atoms with Gasteiger partial charge in [-0.2, -0.15) is 0 Å². The van der Waals surface area contributed by atoms with Crippen molar-refractivity contribution in [2.24, 2.45) is 5.14 Å². The molecule has 1 saturated heterocycles. The Morgan fingerprint density at radius 1 is 1.22 bits per heavy atom. The summed E-state index contributed by atoms with van der Waals surface area (Å²) in [6.07, 6.45) is 1.01. The summed E-state index contributed by atoms with van der Waals surface area (Å²) in [6.45, 7) is 2.83. The molecule has 2 rings (SSSR count). The fraction of sp³-hybridized carbons (Fsp3) is 0.231. The molecule has 3 N–H and O–H groups in total. The van der Waals surface area contributed by atoms with Crippen molar-refractivity contribution in [1.29, 1.82) is 0 Å². The number of carbonyl (C=O) groups is 2. The molecule has 0 unspecified atom stereocenters. The minimum absolute atomic E-state index is 0.0768. The summed E-state index contributed by atoms with van der Waals surface area (Å²) in [6, 6.07) is 4.32. The van der Waals surface area contributed by atoms with Gasteiger partial charge in [0.15, 0.2) is 5.57 Å². The van der Waals surface area contributed by atoms with Crippen LogP contribution in [0.25, 0.3) is 0 Å². The lowest BCUT2D eigenvalue weighted by atomic mass is 10.2. The average molecular weight is 405 g/mol. The summed E-state index contributed by atoms with van der Waals surface area (Å²) in [7, 11) is -4.01. The monoisotopic (exact) mass is 404 g/mol. The van der Waals surface area contributed by atoms with Crippen LogP contribution < -0.4 is 10.5 Å². The number of nitrogens with one attached hydrogen (secondary N) is 1. The number of hydrogen-bond donors (Lipinski definition) is 2. The van der Waals surface area contributed by atoms with Crippen molar-refractivity contribution >= 4 is 43.6 Å². The highest BCUT2D eigenvalue weighted by Gasteiger charge is 2.39. The van der Waals surface area contributed by atoms with E-state index in [1.165, 1.54) is 26.0 Å². The maximum absolute atomic E-state index is 11.8. The van der Waals surface area contributed by atoms with E-state index < -0.39 is 33.3 Å². The third kappa shape index (κ3) is 3.89. The van der Waals surface area contributed by atoms with Gasteiger partial charge in [0.05, 0.1) is 5.69 Å². The van der Waals surface area contributed by atoms with E-state index in [2.05, 4.69) is 21.2 Å². The zero-order valence-electron chi connectivity index (χ0n) is 12.1. The van der Waals surface area contributed by atoms with Crippen LogP contribution in [-0.4, -0.2) is 26.1 Å². The zero-order valence-corrected chi connectivity index (χ0v) is 14.5. The number of cyclic esters (lactones) is 2. The van der Waals surface area contributed by atoms with Crippen LogP contribution in [0.5, 0.6) is 0 Å². The number of para-hydroxylation sites is 1.